The zero-order chi connectivity index (χ0) is 29.7. The highest BCUT2D eigenvalue weighted by Crippen LogP contribution is 2.45. The van der Waals surface area contributed by atoms with E-state index in [4.69, 9.17) is 14.5 Å². The standard InChI is InChI=1S/C28H23N5O8/c1-18-4-6-19(7-5-18)28(29-20-8-12-23(40-2)13-9-20)30(21-10-14-24(41-3)15-11-21)27-25(32(36)37)16-22(31(34)35)17-26(27)33(38)39/h4-17H,1-3H3. The molecule has 208 valence electrons. The predicted octanol–water partition coefficient (Wildman–Crippen LogP) is 6.65. The first-order valence-corrected chi connectivity index (χ1v) is 12.0. The largest absolute Gasteiger partial charge is 0.497 e. The molecule has 41 heavy (non-hydrogen) atoms. The minimum absolute atomic E-state index is 0.0837. The number of amidine groups is 1. The molecule has 0 amide bonds. The molecule has 0 bridgehead atoms. The van der Waals surface area contributed by atoms with Gasteiger partial charge in [-0.1, -0.05) is 29.8 Å². The van der Waals surface area contributed by atoms with Crippen LogP contribution in [0.5, 0.6) is 11.5 Å². The summed E-state index contributed by atoms with van der Waals surface area (Å²) in [5.74, 6) is 1.11. The van der Waals surface area contributed by atoms with Crippen LogP contribution in [0.25, 0.3) is 0 Å². The topological polar surface area (TPSA) is 163 Å². The number of nitro benzene ring substituents is 3. The summed E-state index contributed by atoms with van der Waals surface area (Å²) in [7, 11) is 2.97. The first-order chi connectivity index (χ1) is 19.6. The van der Waals surface area contributed by atoms with Gasteiger partial charge in [0.2, 0.25) is 5.69 Å². The summed E-state index contributed by atoms with van der Waals surface area (Å²) < 4.78 is 10.5. The molecule has 0 saturated carbocycles. The van der Waals surface area contributed by atoms with Crippen LogP contribution >= 0.6 is 0 Å². The molecule has 0 heterocycles. The normalized spacial score (nSPS) is 11.0. The van der Waals surface area contributed by atoms with Crippen LogP contribution in [0.4, 0.5) is 34.1 Å². The Morgan fingerprint density at radius 3 is 1.63 bits per heavy atom. The molecular formula is C28H23N5O8. The molecule has 0 saturated heterocycles. The number of aliphatic imine (C=N–C) groups is 1. The first kappa shape index (κ1) is 28.2. The number of aryl methyl sites for hydroxylation is 1. The molecule has 0 aliphatic carbocycles. The Morgan fingerprint density at radius 2 is 1.20 bits per heavy atom. The molecule has 13 nitrogen and oxygen atoms in total. The molecule has 13 heteroatoms. The summed E-state index contributed by atoms with van der Waals surface area (Å²) in [6, 6.07) is 21.3. The van der Waals surface area contributed by atoms with E-state index < -0.39 is 37.5 Å². The number of rotatable bonds is 9. The molecule has 0 unspecified atom stereocenters. The maximum Gasteiger partial charge on any atom is 0.307 e. The van der Waals surface area contributed by atoms with Crippen LogP contribution in [-0.2, 0) is 0 Å². The predicted molar refractivity (Wildman–Crippen MR) is 152 cm³/mol. The quantitative estimate of drug-likeness (QED) is 0.0947. The SMILES string of the molecule is COc1ccc(N=C(c2ccc(C)cc2)N(c2ccc(OC)cc2)c2c([N+](=O)[O-])cc([N+](=O)[O-])cc2[N+](=O)[O-])cc1. The number of hydrogen-bond acceptors (Lipinski definition) is 9. The van der Waals surface area contributed by atoms with Gasteiger partial charge in [0, 0.05) is 11.3 Å². The van der Waals surface area contributed by atoms with Crippen LogP contribution < -0.4 is 14.4 Å². The number of non-ortho nitro benzene ring substituents is 1. The highest BCUT2D eigenvalue weighted by molar-refractivity contribution is 6.17. The smallest absolute Gasteiger partial charge is 0.307 e. The number of ether oxygens (including phenoxy) is 2. The van der Waals surface area contributed by atoms with Gasteiger partial charge in [0.25, 0.3) is 5.69 Å². The van der Waals surface area contributed by atoms with Gasteiger partial charge in [-0.25, -0.2) is 4.99 Å². The van der Waals surface area contributed by atoms with Gasteiger partial charge in [0.15, 0.2) is 0 Å². The molecule has 0 N–H and O–H groups in total. The third kappa shape index (κ3) is 6.09. The van der Waals surface area contributed by atoms with Gasteiger partial charge >= 0.3 is 11.4 Å². The van der Waals surface area contributed by atoms with E-state index in [1.165, 1.54) is 19.1 Å². The summed E-state index contributed by atoms with van der Waals surface area (Å²) in [5.41, 5.74) is -0.974. The zero-order valence-corrected chi connectivity index (χ0v) is 22.1. The molecule has 4 rings (SSSR count). The first-order valence-electron chi connectivity index (χ1n) is 12.0. The lowest BCUT2D eigenvalue weighted by Gasteiger charge is -2.26. The van der Waals surface area contributed by atoms with Crippen molar-refractivity contribution in [1.29, 1.82) is 0 Å². The van der Waals surface area contributed by atoms with Gasteiger partial charge < -0.3 is 9.47 Å². The van der Waals surface area contributed by atoms with Gasteiger partial charge in [-0.05, 0) is 55.5 Å². The van der Waals surface area contributed by atoms with Crippen LogP contribution in [0.2, 0.25) is 0 Å². The molecule has 4 aromatic carbocycles. The van der Waals surface area contributed by atoms with Gasteiger partial charge in [0.1, 0.15) is 17.3 Å². The lowest BCUT2D eigenvalue weighted by molar-refractivity contribution is -0.402. The van der Waals surface area contributed by atoms with E-state index in [9.17, 15) is 30.3 Å². The fourth-order valence-electron chi connectivity index (χ4n) is 4.02. The van der Waals surface area contributed by atoms with Crippen LogP contribution in [-0.4, -0.2) is 34.8 Å². The molecule has 0 atom stereocenters. The Labute approximate surface area is 233 Å². The number of methoxy groups -OCH3 is 2. The van der Waals surface area contributed by atoms with E-state index in [1.54, 1.807) is 72.8 Å². The number of benzene rings is 4. The van der Waals surface area contributed by atoms with Crippen molar-refractivity contribution in [2.45, 2.75) is 6.92 Å². The number of nitrogens with zero attached hydrogens (tertiary/aromatic N) is 5. The third-order valence-electron chi connectivity index (χ3n) is 6.04. The molecule has 4 aromatic rings. The molecule has 0 radical (unpaired) electrons. The van der Waals surface area contributed by atoms with E-state index >= 15 is 0 Å². The van der Waals surface area contributed by atoms with Gasteiger partial charge in [-0.3, -0.25) is 35.2 Å². The summed E-state index contributed by atoms with van der Waals surface area (Å²) >= 11 is 0. The van der Waals surface area contributed by atoms with Gasteiger partial charge in [-0.15, -0.1) is 0 Å². The Balaban J connectivity index is 2.14. The minimum Gasteiger partial charge on any atom is -0.497 e. The second kappa shape index (κ2) is 11.9. The van der Waals surface area contributed by atoms with Crippen molar-refractivity contribution in [3.8, 4) is 11.5 Å². The van der Waals surface area contributed by atoms with Crippen LogP contribution in [0.15, 0.2) is 89.9 Å². The van der Waals surface area contributed by atoms with Crippen molar-refractivity contribution in [3.05, 3.63) is 126 Å². The Bertz CT molecular complexity index is 1600. The van der Waals surface area contributed by atoms with Crippen molar-refractivity contribution in [2.24, 2.45) is 4.99 Å². The van der Waals surface area contributed by atoms with Crippen LogP contribution in [0.3, 0.4) is 0 Å². The monoisotopic (exact) mass is 557 g/mol. The minimum atomic E-state index is -0.923. The Kier molecular flexibility index (Phi) is 8.18. The molecule has 0 aromatic heterocycles. The van der Waals surface area contributed by atoms with Crippen molar-refractivity contribution >= 4 is 40.0 Å². The van der Waals surface area contributed by atoms with Crippen molar-refractivity contribution in [2.75, 3.05) is 19.1 Å². The highest BCUT2D eigenvalue weighted by Gasteiger charge is 2.37. The molecule has 0 aliphatic rings. The van der Waals surface area contributed by atoms with E-state index in [2.05, 4.69) is 0 Å². The van der Waals surface area contributed by atoms with Crippen LogP contribution in [0.1, 0.15) is 11.1 Å². The van der Waals surface area contributed by atoms with Gasteiger partial charge in [0.05, 0.1) is 46.8 Å². The lowest BCUT2D eigenvalue weighted by Crippen LogP contribution is -2.28. The summed E-state index contributed by atoms with van der Waals surface area (Å²) in [5, 5.41) is 36.2. The average Bonchev–Trinajstić information content (AvgIpc) is 2.97. The molecular weight excluding hydrogens is 534 g/mol. The fourth-order valence-corrected chi connectivity index (χ4v) is 4.02. The Hall–Kier alpha value is -5.85. The fraction of sp³-hybridized carbons (Fsp3) is 0.107. The lowest BCUT2D eigenvalue weighted by atomic mass is 10.1. The van der Waals surface area contributed by atoms with E-state index in [0.29, 0.717) is 34.9 Å². The number of nitro groups is 3. The maximum atomic E-state index is 12.3. The number of anilines is 2. The van der Waals surface area contributed by atoms with E-state index in [-0.39, 0.29) is 11.5 Å². The van der Waals surface area contributed by atoms with E-state index in [1.807, 2.05) is 6.92 Å². The zero-order valence-electron chi connectivity index (χ0n) is 22.1. The second-order valence-electron chi connectivity index (χ2n) is 8.64. The summed E-state index contributed by atoms with van der Waals surface area (Å²) in [4.78, 5) is 39.4. The van der Waals surface area contributed by atoms with Gasteiger partial charge in [-0.2, -0.15) is 0 Å². The maximum absolute atomic E-state index is 12.3. The van der Waals surface area contributed by atoms with Crippen molar-refractivity contribution in [1.82, 2.24) is 0 Å². The Morgan fingerprint density at radius 1 is 0.707 bits per heavy atom. The van der Waals surface area contributed by atoms with Crippen molar-refractivity contribution in [3.63, 3.8) is 0 Å². The second-order valence-corrected chi connectivity index (χ2v) is 8.64. The summed E-state index contributed by atoms with van der Waals surface area (Å²) in [6.45, 7) is 1.87. The highest BCUT2D eigenvalue weighted by atomic mass is 16.6. The van der Waals surface area contributed by atoms with Crippen molar-refractivity contribution < 1.29 is 24.2 Å². The number of hydrogen-bond donors (Lipinski definition) is 0. The molecule has 0 fully saturated rings. The van der Waals surface area contributed by atoms with E-state index in [0.717, 1.165) is 5.56 Å². The molecule has 0 aliphatic heterocycles. The summed E-state index contributed by atoms with van der Waals surface area (Å²) in [6.07, 6.45) is 0. The van der Waals surface area contributed by atoms with Crippen LogP contribution in [0, 0.1) is 37.3 Å². The molecule has 0 spiro atoms. The third-order valence-corrected chi connectivity index (χ3v) is 6.04. The average molecular weight is 558 g/mol.